The van der Waals surface area contributed by atoms with Crippen LogP contribution in [0.2, 0.25) is 0 Å². The number of rotatable bonds is 4. The molecule has 0 spiro atoms. The molecule has 0 radical (unpaired) electrons. The van der Waals surface area contributed by atoms with Crippen molar-refractivity contribution in [2.24, 2.45) is 0 Å². The van der Waals surface area contributed by atoms with Crippen LogP contribution in [-0.2, 0) is 0 Å². The highest BCUT2D eigenvalue weighted by atomic mass is 16.6. The first-order valence-electron chi connectivity index (χ1n) is 4.72. The molecule has 0 bridgehead atoms. The summed E-state index contributed by atoms with van der Waals surface area (Å²) in [5.41, 5.74) is 0. The van der Waals surface area contributed by atoms with E-state index in [0.717, 1.165) is 0 Å². The molecule has 0 saturated heterocycles. The Bertz CT molecular complexity index is 122. The fourth-order valence-electron chi connectivity index (χ4n) is 0.677. The molecule has 6 nitrogen and oxygen atoms in total. The summed E-state index contributed by atoms with van der Waals surface area (Å²) in [5, 5.41) is 27.9. The molecule has 0 saturated carbocycles. The SMILES string of the molecule is CCCCCCC.O=C(O)O.O=C(O)O. The molecule has 92 valence electrons. The normalized spacial score (nSPS) is 7.60. The molecule has 0 aromatic rings. The molecule has 0 heterocycles. The van der Waals surface area contributed by atoms with E-state index in [1.165, 1.54) is 32.1 Å². The van der Waals surface area contributed by atoms with Gasteiger partial charge in [0.15, 0.2) is 0 Å². The molecule has 0 unspecified atom stereocenters. The lowest BCUT2D eigenvalue weighted by atomic mass is 10.2. The van der Waals surface area contributed by atoms with E-state index in [9.17, 15) is 0 Å². The van der Waals surface area contributed by atoms with E-state index in [2.05, 4.69) is 13.8 Å². The van der Waals surface area contributed by atoms with Crippen LogP contribution in [0.25, 0.3) is 0 Å². The first-order chi connectivity index (χ1) is 6.88. The summed E-state index contributed by atoms with van der Waals surface area (Å²) in [6.07, 6.45) is 3.34. The minimum Gasteiger partial charge on any atom is -0.450 e. The summed E-state index contributed by atoms with van der Waals surface area (Å²) in [6.45, 7) is 4.49. The Hall–Kier alpha value is -1.46. The number of carboxylic acid groups (broad SMARTS) is 4. The van der Waals surface area contributed by atoms with Crippen molar-refractivity contribution in [2.75, 3.05) is 0 Å². The van der Waals surface area contributed by atoms with Crippen LogP contribution in [0, 0.1) is 0 Å². The zero-order chi connectivity index (χ0) is 12.7. The molecule has 0 fully saturated rings. The van der Waals surface area contributed by atoms with Crippen molar-refractivity contribution in [1.29, 1.82) is 0 Å². The van der Waals surface area contributed by atoms with Crippen LogP contribution < -0.4 is 0 Å². The third-order valence-corrected chi connectivity index (χ3v) is 1.21. The van der Waals surface area contributed by atoms with Crippen molar-refractivity contribution in [1.82, 2.24) is 0 Å². The number of hydrogen-bond donors (Lipinski definition) is 4. The minimum absolute atomic E-state index is 1.36. The molecule has 0 aliphatic rings. The van der Waals surface area contributed by atoms with E-state index in [1.54, 1.807) is 0 Å². The molecule has 6 heteroatoms. The van der Waals surface area contributed by atoms with Gasteiger partial charge in [0.1, 0.15) is 0 Å². The van der Waals surface area contributed by atoms with Crippen LogP contribution in [0.5, 0.6) is 0 Å². The molecule has 4 N–H and O–H groups in total. The van der Waals surface area contributed by atoms with E-state index in [0.29, 0.717) is 0 Å². The molecule has 15 heavy (non-hydrogen) atoms. The van der Waals surface area contributed by atoms with Crippen molar-refractivity contribution in [3.8, 4) is 0 Å². The predicted molar refractivity (Wildman–Crippen MR) is 55.7 cm³/mol. The van der Waals surface area contributed by atoms with Gasteiger partial charge in [-0.05, 0) is 0 Å². The van der Waals surface area contributed by atoms with Crippen molar-refractivity contribution in [3.05, 3.63) is 0 Å². The molecule has 0 aromatic heterocycles. The minimum atomic E-state index is -1.83. The summed E-state index contributed by atoms with van der Waals surface area (Å²) in [5.74, 6) is 0. The Morgan fingerprint density at radius 2 is 0.933 bits per heavy atom. The highest BCUT2D eigenvalue weighted by Crippen LogP contribution is 2.00. The maximum atomic E-state index is 8.56. The smallest absolute Gasteiger partial charge is 0.450 e. The van der Waals surface area contributed by atoms with Gasteiger partial charge < -0.3 is 20.4 Å². The third kappa shape index (κ3) is 216. The van der Waals surface area contributed by atoms with Gasteiger partial charge in [-0.3, -0.25) is 0 Å². The highest BCUT2D eigenvalue weighted by molar-refractivity contribution is 5.53. The maximum absolute atomic E-state index is 8.56. The van der Waals surface area contributed by atoms with Crippen molar-refractivity contribution >= 4 is 12.3 Å². The fraction of sp³-hybridized carbons (Fsp3) is 0.778. The molecule has 0 aliphatic carbocycles. The summed E-state index contributed by atoms with van der Waals surface area (Å²) in [4.78, 5) is 17.1. The van der Waals surface area contributed by atoms with Gasteiger partial charge in [-0.15, -0.1) is 0 Å². The Labute approximate surface area is 89.2 Å². The first-order valence-corrected chi connectivity index (χ1v) is 4.72. The molecular weight excluding hydrogens is 204 g/mol. The van der Waals surface area contributed by atoms with Crippen LogP contribution in [0.15, 0.2) is 0 Å². The van der Waals surface area contributed by atoms with Gasteiger partial charge in [-0.2, -0.15) is 0 Å². The van der Waals surface area contributed by atoms with Crippen molar-refractivity contribution in [2.45, 2.75) is 46.0 Å². The average molecular weight is 224 g/mol. The Morgan fingerprint density at radius 3 is 1.07 bits per heavy atom. The summed E-state index contributed by atoms with van der Waals surface area (Å²) in [6, 6.07) is 0. The van der Waals surface area contributed by atoms with E-state index in [-0.39, 0.29) is 0 Å². The van der Waals surface area contributed by atoms with Crippen LogP contribution in [-0.4, -0.2) is 32.7 Å². The standard InChI is InChI=1S/C7H16.2CH2O3/c1-3-5-7-6-4-2;2*2-1(3)4/h3-7H2,1-2H3;2*(H2,2,3,4). The lowest BCUT2D eigenvalue weighted by molar-refractivity contribution is 0.135. The van der Waals surface area contributed by atoms with Crippen LogP contribution in [0.4, 0.5) is 9.59 Å². The molecule has 0 aromatic carbocycles. The zero-order valence-electron chi connectivity index (χ0n) is 9.14. The average Bonchev–Trinajstić information content (AvgIpc) is 2.03. The van der Waals surface area contributed by atoms with Gasteiger partial charge in [0.05, 0.1) is 0 Å². The predicted octanol–water partition coefficient (Wildman–Crippen LogP) is 3.42. The van der Waals surface area contributed by atoms with Crippen molar-refractivity contribution in [3.63, 3.8) is 0 Å². The molecule has 0 amide bonds. The Morgan fingerprint density at radius 1 is 0.733 bits per heavy atom. The van der Waals surface area contributed by atoms with E-state index in [1.807, 2.05) is 0 Å². The maximum Gasteiger partial charge on any atom is 0.503 e. The molecule has 0 rings (SSSR count). The van der Waals surface area contributed by atoms with Crippen LogP contribution in [0.3, 0.4) is 0 Å². The van der Waals surface area contributed by atoms with Gasteiger partial charge in [0.25, 0.3) is 0 Å². The third-order valence-electron chi connectivity index (χ3n) is 1.21. The first kappa shape index (κ1) is 19.2. The lowest BCUT2D eigenvalue weighted by Crippen LogP contribution is -1.81. The van der Waals surface area contributed by atoms with Crippen LogP contribution in [0.1, 0.15) is 46.0 Å². The fourth-order valence-corrected chi connectivity index (χ4v) is 0.677. The van der Waals surface area contributed by atoms with Crippen LogP contribution >= 0.6 is 0 Å². The molecule has 0 aliphatic heterocycles. The van der Waals surface area contributed by atoms with Gasteiger partial charge >= 0.3 is 12.3 Å². The van der Waals surface area contributed by atoms with E-state index >= 15 is 0 Å². The monoisotopic (exact) mass is 224 g/mol. The van der Waals surface area contributed by atoms with Gasteiger partial charge in [0, 0.05) is 0 Å². The summed E-state index contributed by atoms with van der Waals surface area (Å²) >= 11 is 0. The Balaban J connectivity index is -0.000000155. The largest absolute Gasteiger partial charge is 0.503 e. The highest BCUT2D eigenvalue weighted by Gasteiger charge is 1.80. The zero-order valence-corrected chi connectivity index (χ0v) is 9.14. The van der Waals surface area contributed by atoms with E-state index < -0.39 is 12.3 Å². The second-order valence-corrected chi connectivity index (χ2v) is 2.63. The number of carbonyl (C=O) groups is 2. The topological polar surface area (TPSA) is 115 Å². The second-order valence-electron chi connectivity index (χ2n) is 2.63. The number of hydrogen-bond acceptors (Lipinski definition) is 2. The molecular formula is C9H20O6. The van der Waals surface area contributed by atoms with E-state index in [4.69, 9.17) is 30.0 Å². The number of unbranched alkanes of at least 4 members (excludes halogenated alkanes) is 4. The molecule has 0 atom stereocenters. The Kier molecular flexibility index (Phi) is 23.4. The van der Waals surface area contributed by atoms with Gasteiger partial charge in [-0.1, -0.05) is 46.0 Å². The summed E-state index contributed by atoms with van der Waals surface area (Å²) < 4.78 is 0. The summed E-state index contributed by atoms with van der Waals surface area (Å²) in [7, 11) is 0. The van der Waals surface area contributed by atoms with Gasteiger partial charge in [0.2, 0.25) is 0 Å². The lowest BCUT2D eigenvalue weighted by Gasteiger charge is -1.90. The van der Waals surface area contributed by atoms with Crippen molar-refractivity contribution < 1.29 is 30.0 Å². The second kappa shape index (κ2) is 18.3. The van der Waals surface area contributed by atoms with Gasteiger partial charge in [-0.25, -0.2) is 9.59 Å². The quantitative estimate of drug-likeness (QED) is 0.544.